The third-order valence-electron chi connectivity index (χ3n) is 5.28. The molecule has 1 amide bonds. The number of ether oxygens (including phenoxy) is 2. The summed E-state index contributed by atoms with van der Waals surface area (Å²) in [6, 6.07) is 15.0. The number of rotatable bonds is 9. The van der Waals surface area contributed by atoms with Crippen LogP contribution in [0.25, 0.3) is 0 Å². The van der Waals surface area contributed by atoms with Gasteiger partial charge in [-0.1, -0.05) is 19.1 Å². The van der Waals surface area contributed by atoms with Crippen molar-refractivity contribution in [3.63, 3.8) is 0 Å². The molecule has 1 saturated heterocycles. The lowest BCUT2D eigenvalue weighted by atomic mass is 10.1. The molecule has 0 atom stereocenters. The van der Waals surface area contributed by atoms with Crippen molar-refractivity contribution in [1.82, 2.24) is 4.90 Å². The molecule has 1 aliphatic rings. The van der Waals surface area contributed by atoms with Crippen molar-refractivity contribution >= 4 is 23.3 Å². The fourth-order valence-electron chi connectivity index (χ4n) is 3.51. The maximum Gasteiger partial charge on any atom is 0.310 e. The molecule has 0 bridgehead atoms. The molecule has 7 heteroatoms. The Balaban J connectivity index is 1.40. The number of carbonyl (C=O) groups excluding carboxylic acids is 2. The van der Waals surface area contributed by atoms with Crippen LogP contribution in [-0.2, 0) is 20.7 Å². The number of anilines is 2. The summed E-state index contributed by atoms with van der Waals surface area (Å²) >= 11 is 0. The Hall–Kier alpha value is -3.06. The summed E-state index contributed by atoms with van der Waals surface area (Å²) in [4.78, 5) is 28.9. The molecular weight excluding hydrogens is 394 g/mol. The van der Waals surface area contributed by atoms with E-state index in [4.69, 9.17) is 9.47 Å². The third-order valence-corrected chi connectivity index (χ3v) is 5.28. The van der Waals surface area contributed by atoms with Gasteiger partial charge in [0.2, 0.25) is 0 Å². The van der Waals surface area contributed by atoms with Crippen molar-refractivity contribution in [2.75, 3.05) is 56.2 Å². The van der Waals surface area contributed by atoms with Crippen LogP contribution < -0.4 is 15.0 Å². The average Bonchev–Trinajstić information content (AvgIpc) is 2.80. The minimum Gasteiger partial charge on any atom is -0.494 e. The molecule has 0 aromatic heterocycles. The minimum atomic E-state index is -0.444. The van der Waals surface area contributed by atoms with Crippen LogP contribution in [0.15, 0.2) is 48.5 Å². The van der Waals surface area contributed by atoms with E-state index in [2.05, 4.69) is 22.0 Å². The van der Waals surface area contributed by atoms with E-state index in [1.54, 1.807) is 0 Å². The van der Waals surface area contributed by atoms with Gasteiger partial charge in [-0.3, -0.25) is 9.59 Å². The van der Waals surface area contributed by atoms with Gasteiger partial charge in [-0.15, -0.1) is 0 Å². The SMILES string of the molecule is CCOc1ccc(CC(=O)OCC(=O)Nc2ccc(N3CCN(CC)CC3)cc2)cc1. The molecular formula is C24H31N3O4. The van der Waals surface area contributed by atoms with Crippen molar-refractivity contribution < 1.29 is 19.1 Å². The summed E-state index contributed by atoms with van der Waals surface area (Å²) < 4.78 is 10.5. The van der Waals surface area contributed by atoms with E-state index in [9.17, 15) is 9.59 Å². The molecule has 1 heterocycles. The Morgan fingerprint density at radius 1 is 0.935 bits per heavy atom. The van der Waals surface area contributed by atoms with E-state index in [0.717, 1.165) is 49.7 Å². The Bertz CT molecular complexity index is 844. The average molecular weight is 426 g/mol. The highest BCUT2D eigenvalue weighted by atomic mass is 16.5. The maximum absolute atomic E-state index is 12.1. The van der Waals surface area contributed by atoms with Gasteiger partial charge in [0, 0.05) is 37.6 Å². The predicted molar refractivity (Wildman–Crippen MR) is 122 cm³/mol. The third kappa shape index (κ3) is 7.00. The maximum atomic E-state index is 12.1. The second-order valence-electron chi connectivity index (χ2n) is 7.43. The predicted octanol–water partition coefficient (Wildman–Crippen LogP) is 2.95. The van der Waals surface area contributed by atoms with Gasteiger partial charge < -0.3 is 24.6 Å². The topological polar surface area (TPSA) is 71.1 Å². The van der Waals surface area contributed by atoms with E-state index < -0.39 is 5.97 Å². The monoisotopic (exact) mass is 425 g/mol. The molecule has 166 valence electrons. The molecule has 0 saturated carbocycles. The minimum absolute atomic E-state index is 0.111. The van der Waals surface area contributed by atoms with E-state index in [1.807, 2.05) is 55.5 Å². The zero-order valence-corrected chi connectivity index (χ0v) is 18.3. The van der Waals surface area contributed by atoms with Crippen LogP contribution in [0.3, 0.4) is 0 Å². The highest BCUT2D eigenvalue weighted by molar-refractivity contribution is 5.93. The van der Waals surface area contributed by atoms with Gasteiger partial charge in [-0.2, -0.15) is 0 Å². The van der Waals surface area contributed by atoms with Crippen molar-refractivity contribution in [2.45, 2.75) is 20.3 Å². The van der Waals surface area contributed by atoms with E-state index in [1.165, 1.54) is 0 Å². The second kappa shape index (κ2) is 11.4. The van der Waals surface area contributed by atoms with Crippen LogP contribution in [0.1, 0.15) is 19.4 Å². The van der Waals surface area contributed by atoms with Crippen LogP contribution in [0.5, 0.6) is 5.75 Å². The molecule has 1 aliphatic heterocycles. The lowest BCUT2D eigenvalue weighted by Gasteiger charge is -2.35. The molecule has 0 spiro atoms. The first kappa shape index (κ1) is 22.6. The number of carbonyl (C=O) groups is 2. The summed E-state index contributed by atoms with van der Waals surface area (Å²) in [5, 5.41) is 2.77. The number of likely N-dealkylation sites (N-methyl/N-ethyl adjacent to an activating group) is 1. The lowest BCUT2D eigenvalue weighted by molar-refractivity contribution is -0.146. The van der Waals surface area contributed by atoms with E-state index >= 15 is 0 Å². The van der Waals surface area contributed by atoms with Gasteiger partial charge in [-0.25, -0.2) is 0 Å². The van der Waals surface area contributed by atoms with Crippen LogP contribution in [-0.4, -0.2) is 62.7 Å². The zero-order chi connectivity index (χ0) is 22.1. The Morgan fingerprint density at radius 2 is 1.61 bits per heavy atom. The standard InChI is InChI=1S/C24H31N3O4/c1-3-26-13-15-27(16-14-26)21-9-7-20(8-10-21)25-23(28)18-31-24(29)17-19-5-11-22(12-6-19)30-4-2/h5-12H,3-4,13-18H2,1-2H3,(H,25,28). The highest BCUT2D eigenvalue weighted by Crippen LogP contribution is 2.19. The molecule has 31 heavy (non-hydrogen) atoms. The number of nitrogens with zero attached hydrogens (tertiary/aromatic N) is 2. The summed E-state index contributed by atoms with van der Waals surface area (Å²) in [5.74, 6) is -0.0431. The van der Waals surface area contributed by atoms with E-state index in [-0.39, 0.29) is 18.9 Å². The molecule has 3 rings (SSSR count). The number of hydrogen-bond acceptors (Lipinski definition) is 6. The van der Waals surface area contributed by atoms with Crippen molar-refractivity contribution in [1.29, 1.82) is 0 Å². The molecule has 7 nitrogen and oxygen atoms in total. The fraction of sp³-hybridized carbons (Fsp3) is 0.417. The first-order valence-electron chi connectivity index (χ1n) is 10.8. The largest absolute Gasteiger partial charge is 0.494 e. The Kier molecular flexibility index (Phi) is 8.29. The highest BCUT2D eigenvalue weighted by Gasteiger charge is 2.16. The molecule has 1 N–H and O–H groups in total. The number of benzene rings is 2. The van der Waals surface area contributed by atoms with Gasteiger partial charge >= 0.3 is 5.97 Å². The first-order valence-corrected chi connectivity index (χ1v) is 10.8. The van der Waals surface area contributed by atoms with Gasteiger partial charge in [0.05, 0.1) is 13.0 Å². The van der Waals surface area contributed by atoms with Gasteiger partial charge in [0.15, 0.2) is 6.61 Å². The van der Waals surface area contributed by atoms with Gasteiger partial charge in [0.1, 0.15) is 5.75 Å². The van der Waals surface area contributed by atoms with E-state index in [0.29, 0.717) is 12.3 Å². The fourth-order valence-corrected chi connectivity index (χ4v) is 3.51. The van der Waals surface area contributed by atoms with Gasteiger partial charge in [-0.05, 0) is 55.4 Å². The number of esters is 1. The van der Waals surface area contributed by atoms with Crippen molar-refractivity contribution in [2.24, 2.45) is 0 Å². The van der Waals surface area contributed by atoms with Crippen LogP contribution in [0.2, 0.25) is 0 Å². The first-order chi connectivity index (χ1) is 15.1. The van der Waals surface area contributed by atoms with Crippen molar-refractivity contribution in [3.8, 4) is 5.75 Å². The van der Waals surface area contributed by atoms with Crippen LogP contribution >= 0.6 is 0 Å². The lowest BCUT2D eigenvalue weighted by Crippen LogP contribution is -2.46. The summed E-state index contributed by atoms with van der Waals surface area (Å²) in [6.07, 6.45) is 0.111. The molecule has 0 unspecified atom stereocenters. The molecule has 2 aromatic rings. The zero-order valence-electron chi connectivity index (χ0n) is 18.3. The number of amides is 1. The smallest absolute Gasteiger partial charge is 0.310 e. The Morgan fingerprint density at radius 3 is 2.23 bits per heavy atom. The molecule has 0 radical (unpaired) electrons. The number of hydrogen-bond donors (Lipinski definition) is 1. The van der Waals surface area contributed by atoms with Crippen molar-refractivity contribution in [3.05, 3.63) is 54.1 Å². The number of piperazine rings is 1. The number of nitrogens with one attached hydrogen (secondary N) is 1. The second-order valence-corrected chi connectivity index (χ2v) is 7.43. The molecule has 2 aromatic carbocycles. The summed E-state index contributed by atoms with van der Waals surface area (Å²) in [6.45, 7) is 9.61. The summed E-state index contributed by atoms with van der Waals surface area (Å²) in [5.41, 5.74) is 2.64. The normalized spacial score (nSPS) is 14.2. The summed E-state index contributed by atoms with van der Waals surface area (Å²) in [7, 11) is 0. The quantitative estimate of drug-likeness (QED) is 0.623. The molecule has 1 fully saturated rings. The molecule has 0 aliphatic carbocycles. The Labute approximate surface area is 183 Å². The van der Waals surface area contributed by atoms with Crippen LogP contribution in [0.4, 0.5) is 11.4 Å². The van der Waals surface area contributed by atoms with Gasteiger partial charge in [0.25, 0.3) is 5.91 Å². The van der Waals surface area contributed by atoms with Crippen LogP contribution in [0, 0.1) is 0 Å².